The number of carbonyl (C=O) groups excluding carboxylic acids is 1. The number of aliphatic imine (C=N–C) groups is 1. The summed E-state index contributed by atoms with van der Waals surface area (Å²) >= 11 is 0. The number of allylic oxidation sites excluding steroid dienone is 1. The molecule has 0 aliphatic carbocycles. The molecule has 1 N–H and O–H groups in total. The quantitative estimate of drug-likeness (QED) is 0.804. The van der Waals surface area contributed by atoms with Crippen LogP contribution in [0.5, 0.6) is 0 Å². The summed E-state index contributed by atoms with van der Waals surface area (Å²) in [6, 6.07) is 0.151. The van der Waals surface area contributed by atoms with Crippen LogP contribution in [0.15, 0.2) is 28.4 Å². The van der Waals surface area contributed by atoms with E-state index in [9.17, 15) is 4.79 Å². The molecular weight excluding hydrogens is 264 g/mol. The topological polar surface area (TPSA) is 47.9 Å². The van der Waals surface area contributed by atoms with Gasteiger partial charge in [-0.15, -0.1) is 0 Å². The lowest BCUT2D eigenvalue weighted by atomic mass is 9.77. The summed E-state index contributed by atoms with van der Waals surface area (Å²) in [4.78, 5) is 16.6. The third-order valence-corrected chi connectivity index (χ3v) is 4.62. The second-order valence-electron chi connectivity index (χ2n) is 5.88. The van der Waals surface area contributed by atoms with E-state index >= 15 is 0 Å². The highest BCUT2D eigenvalue weighted by molar-refractivity contribution is 5.81. The Balaban J connectivity index is 2.03. The highest BCUT2D eigenvalue weighted by Gasteiger charge is 2.41. The van der Waals surface area contributed by atoms with Crippen molar-refractivity contribution in [2.45, 2.75) is 45.8 Å². The lowest BCUT2D eigenvalue weighted by Gasteiger charge is -2.48. The van der Waals surface area contributed by atoms with Crippen molar-refractivity contribution in [1.82, 2.24) is 15.3 Å². The molecule has 0 radical (unpaired) electrons. The zero-order valence-corrected chi connectivity index (χ0v) is 13.0. The third kappa shape index (κ3) is 2.39. The van der Waals surface area contributed by atoms with Gasteiger partial charge < -0.3 is 5.32 Å². The van der Waals surface area contributed by atoms with Crippen LogP contribution in [-0.4, -0.2) is 47.4 Å². The number of nitrogens with zero attached hydrogens (tertiary/aromatic N) is 3. The van der Waals surface area contributed by atoms with Gasteiger partial charge in [-0.3, -0.25) is 14.8 Å². The molecule has 3 atom stereocenters. The fourth-order valence-electron chi connectivity index (χ4n) is 3.71. The van der Waals surface area contributed by atoms with Crippen LogP contribution in [0.3, 0.4) is 0 Å². The largest absolute Gasteiger partial charge is 0.352 e. The van der Waals surface area contributed by atoms with Crippen molar-refractivity contribution in [3.05, 3.63) is 23.4 Å². The molecular formula is C16H24N4O. The Morgan fingerprint density at radius 1 is 1.43 bits per heavy atom. The number of hydrogen-bond donors (Lipinski definition) is 1. The Bertz CT molecular complexity index is 518. The van der Waals surface area contributed by atoms with Gasteiger partial charge in [0.1, 0.15) is 0 Å². The minimum absolute atomic E-state index is 0.0600. The molecule has 21 heavy (non-hydrogen) atoms. The number of fused-ring (bicyclic) bond motifs is 3. The second kappa shape index (κ2) is 5.64. The number of rotatable bonds is 3. The van der Waals surface area contributed by atoms with Crippen molar-refractivity contribution in [1.29, 1.82) is 0 Å². The van der Waals surface area contributed by atoms with Crippen LogP contribution in [0.1, 0.15) is 33.6 Å². The Labute approximate surface area is 126 Å². The van der Waals surface area contributed by atoms with E-state index in [2.05, 4.69) is 48.4 Å². The fourth-order valence-corrected chi connectivity index (χ4v) is 3.71. The molecule has 0 aromatic heterocycles. The summed E-state index contributed by atoms with van der Waals surface area (Å²) in [5.74, 6) is 0.430. The number of carbonyl (C=O) groups is 1. The molecule has 3 heterocycles. The molecule has 0 bridgehead atoms. The van der Waals surface area contributed by atoms with Crippen LogP contribution in [0.25, 0.3) is 0 Å². The first-order chi connectivity index (χ1) is 10.2. The van der Waals surface area contributed by atoms with Gasteiger partial charge in [-0.2, -0.15) is 0 Å². The lowest BCUT2D eigenvalue weighted by molar-refractivity contribution is -0.122. The van der Waals surface area contributed by atoms with Crippen molar-refractivity contribution in [2.75, 3.05) is 13.1 Å². The van der Waals surface area contributed by atoms with Crippen molar-refractivity contribution in [3.8, 4) is 0 Å². The number of piperidine rings is 1. The Morgan fingerprint density at radius 2 is 2.19 bits per heavy atom. The average Bonchev–Trinajstić information content (AvgIpc) is 2.47. The highest BCUT2D eigenvalue weighted by atomic mass is 16.1. The molecule has 1 saturated heterocycles. The number of hydrogen-bond acceptors (Lipinski definition) is 4. The molecule has 3 aliphatic heterocycles. The van der Waals surface area contributed by atoms with Gasteiger partial charge in [0.2, 0.25) is 5.91 Å². The SMILES string of the molecule is CCN(CC)N1C=C2CC(=O)NC(C)C2C2=CCC=NC21. The summed E-state index contributed by atoms with van der Waals surface area (Å²) in [6.45, 7) is 8.28. The standard InChI is InChI=1S/C16H24N4O/c1-4-19(5-2)20-10-12-9-14(21)18-11(3)15(12)13-7-6-8-17-16(13)20/h7-8,10-11,15-16H,4-6,9H2,1-3H3,(H,18,21). The van der Waals surface area contributed by atoms with E-state index in [0.717, 1.165) is 19.5 Å². The Hall–Kier alpha value is -1.62. The zero-order chi connectivity index (χ0) is 15.0. The van der Waals surface area contributed by atoms with Gasteiger partial charge >= 0.3 is 0 Å². The van der Waals surface area contributed by atoms with Crippen LogP contribution in [0.4, 0.5) is 0 Å². The van der Waals surface area contributed by atoms with Crippen molar-refractivity contribution in [3.63, 3.8) is 0 Å². The first kappa shape index (κ1) is 14.3. The molecule has 0 spiro atoms. The minimum Gasteiger partial charge on any atom is -0.352 e. The van der Waals surface area contributed by atoms with E-state index in [0.29, 0.717) is 12.3 Å². The van der Waals surface area contributed by atoms with Gasteiger partial charge in [0.15, 0.2) is 6.17 Å². The molecule has 1 fully saturated rings. The monoisotopic (exact) mass is 288 g/mol. The Kier molecular flexibility index (Phi) is 3.85. The Morgan fingerprint density at radius 3 is 2.90 bits per heavy atom. The zero-order valence-electron chi connectivity index (χ0n) is 13.0. The third-order valence-electron chi connectivity index (χ3n) is 4.62. The summed E-state index contributed by atoms with van der Waals surface area (Å²) in [7, 11) is 0. The molecule has 3 rings (SSSR count). The van der Waals surface area contributed by atoms with Gasteiger partial charge in [-0.1, -0.05) is 19.9 Å². The second-order valence-corrected chi connectivity index (χ2v) is 5.88. The van der Waals surface area contributed by atoms with E-state index in [4.69, 9.17) is 4.99 Å². The first-order valence-corrected chi connectivity index (χ1v) is 7.90. The summed E-state index contributed by atoms with van der Waals surface area (Å²) in [5.41, 5.74) is 2.56. The molecule has 3 unspecified atom stereocenters. The summed E-state index contributed by atoms with van der Waals surface area (Å²) in [6.07, 6.45) is 7.90. The summed E-state index contributed by atoms with van der Waals surface area (Å²) < 4.78 is 0. The number of hydrazine groups is 1. The maximum Gasteiger partial charge on any atom is 0.224 e. The molecule has 5 nitrogen and oxygen atoms in total. The molecule has 114 valence electrons. The molecule has 0 aromatic rings. The van der Waals surface area contributed by atoms with Gasteiger partial charge in [-0.05, 0) is 18.1 Å². The smallest absolute Gasteiger partial charge is 0.224 e. The first-order valence-electron chi connectivity index (χ1n) is 7.90. The molecule has 0 saturated carbocycles. The van der Waals surface area contributed by atoms with E-state index in [-0.39, 0.29) is 18.1 Å². The van der Waals surface area contributed by atoms with Gasteiger partial charge in [0.25, 0.3) is 0 Å². The maximum absolute atomic E-state index is 11.9. The van der Waals surface area contributed by atoms with E-state index < -0.39 is 0 Å². The maximum atomic E-state index is 11.9. The van der Waals surface area contributed by atoms with E-state index in [1.54, 1.807) is 0 Å². The van der Waals surface area contributed by atoms with Crippen LogP contribution < -0.4 is 5.32 Å². The van der Waals surface area contributed by atoms with Gasteiger partial charge in [-0.25, -0.2) is 5.01 Å². The van der Waals surface area contributed by atoms with Crippen molar-refractivity contribution in [2.24, 2.45) is 10.9 Å². The van der Waals surface area contributed by atoms with Crippen LogP contribution in [-0.2, 0) is 4.79 Å². The van der Waals surface area contributed by atoms with Crippen LogP contribution in [0, 0.1) is 5.92 Å². The average molecular weight is 288 g/mol. The van der Waals surface area contributed by atoms with E-state index in [1.807, 2.05) is 6.21 Å². The minimum atomic E-state index is 0.0600. The van der Waals surface area contributed by atoms with Crippen molar-refractivity contribution < 1.29 is 4.79 Å². The van der Waals surface area contributed by atoms with Crippen molar-refractivity contribution >= 4 is 12.1 Å². The highest BCUT2D eigenvalue weighted by Crippen LogP contribution is 2.40. The molecule has 0 aromatic carbocycles. The number of amides is 1. The van der Waals surface area contributed by atoms with Gasteiger partial charge in [0.05, 0.1) is 6.42 Å². The lowest BCUT2D eigenvalue weighted by Crippen LogP contribution is -2.55. The predicted molar refractivity (Wildman–Crippen MR) is 83.5 cm³/mol. The number of dihydropyridines is 1. The number of nitrogens with one attached hydrogen (secondary N) is 1. The molecule has 3 aliphatic rings. The van der Waals surface area contributed by atoms with Crippen LogP contribution >= 0.6 is 0 Å². The summed E-state index contributed by atoms with van der Waals surface area (Å²) in [5, 5.41) is 7.58. The predicted octanol–water partition coefficient (Wildman–Crippen LogP) is 1.69. The molecule has 5 heteroatoms. The van der Waals surface area contributed by atoms with Crippen LogP contribution in [0.2, 0.25) is 0 Å². The van der Waals surface area contributed by atoms with Gasteiger partial charge in [0, 0.05) is 43.9 Å². The van der Waals surface area contributed by atoms with E-state index in [1.165, 1.54) is 11.1 Å². The fraction of sp³-hybridized carbons (Fsp3) is 0.625. The molecule has 1 amide bonds. The normalized spacial score (nSPS) is 31.3.